The van der Waals surface area contributed by atoms with Crippen molar-refractivity contribution in [2.24, 2.45) is 5.41 Å². The van der Waals surface area contributed by atoms with Gasteiger partial charge < -0.3 is 14.8 Å². The van der Waals surface area contributed by atoms with Crippen molar-refractivity contribution in [2.45, 2.75) is 40.3 Å². The fraction of sp³-hybridized carbons (Fsp3) is 0.348. The van der Waals surface area contributed by atoms with E-state index in [1.54, 1.807) is 35.8 Å². The van der Waals surface area contributed by atoms with Crippen molar-refractivity contribution >= 4 is 17.4 Å². The normalized spacial score (nSPS) is 11.3. The predicted octanol–water partition coefficient (Wildman–Crippen LogP) is 4.50. The quantitative estimate of drug-likeness (QED) is 0.557. The van der Waals surface area contributed by atoms with Gasteiger partial charge in [0.05, 0.1) is 12.9 Å². The Morgan fingerprint density at radius 1 is 1.17 bits per heavy atom. The highest BCUT2D eigenvalue weighted by Gasteiger charge is 2.28. The van der Waals surface area contributed by atoms with E-state index in [1.807, 2.05) is 43.7 Å². The maximum atomic E-state index is 13.3. The Balaban J connectivity index is 1.62. The van der Waals surface area contributed by atoms with Crippen molar-refractivity contribution < 1.29 is 9.18 Å². The lowest BCUT2D eigenvalue weighted by molar-refractivity contribution is -0.125. The molecule has 2 aromatic heterocycles. The molecule has 0 saturated carbocycles. The van der Waals surface area contributed by atoms with Gasteiger partial charge >= 0.3 is 0 Å². The van der Waals surface area contributed by atoms with Crippen LogP contribution in [0, 0.1) is 11.2 Å². The van der Waals surface area contributed by atoms with Crippen LogP contribution in [-0.4, -0.2) is 27.0 Å². The average molecular weight is 410 g/mol. The molecule has 0 aliphatic rings. The first-order valence-electron chi connectivity index (χ1n) is 10.0. The molecule has 0 atom stereocenters. The van der Waals surface area contributed by atoms with Gasteiger partial charge in [-0.15, -0.1) is 0 Å². The van der Waals surface area contributed by atoms with Crippen molar-refractivity contribution in [3.63, 3.8) is 0 Å². The first-order chi connectivity index (χ1) is 14.3. The summed E-state index contributed by atoms with van der Waals surface area (Å²) in [7, 11) is 0. The third kappa shape index (κ3) is 5.89. The molecule has 1 aromatic carbocycles. The van der Waals surface area contributed by atoms with Crippen LogP contribution in [-0.2, 0) is 17.9 Å². The van der Waals surface area contributed by atoms with Crippen LogP contribution < -0.4 is 10.2 Å². The number of carbonyl (C=O) groups excluding carboxylic acids is 1. The van der Waals surface area contributed by atoms with Crippen LogP contribution in [0.2, 0.25) is 0 Å². The number of anilines is 2. The number of imidazole rings is 1. The van der Waals surface area contributed by atoms with Gasteiger partial charge in [-0.25, -0.2) is 14.4 Å². The van der Waals surface area contributed by atoms with Gasteiger partial charge in [0.2, 0.25) is 5.91 Å². The number of nitrogens with zero attached hydrogens (tertiary/aromatic N) is 4. The Labute approximate surface area is 176 Å². The van der Waals surface area contributed by atoms with E-state index in [0.717, 1.165) is 30.9 Å². The number of aryl methyl sites for hydroxylation is 1. The van der Waals surface area contributed by atoms with E-state index in [0.29, 0.717) is 12.2 Å². The third-order valence-electron chi connectivity index (χ3n) is 4.65. The zero-order valence-corrected chi connectivity index (χ0v) is 17.7. The van der Waals surface area contributed by atoms with Gasteiger partial charge in [-0.1, -0.05) is 26.8 Å². The van der Waals surface area contributed by atoms with Gasteiger partial charge in [-0.05, 0) is 42.3 Å². The van der Waals surface area contributed by atoms with E-state index >= 15 is 0 Å². The summed E-state index contributed by atoms with van der Waals surface area (Å²) < 4.78 is 15.4. The number of benzene rings is 1. The summed E-state index contributed by atoms with van der Waals surface area (Å²) in [6.45, 7) is 7.69. The Hall–Kier alpha value is -3.22. The molecule has 158 valence electrons. The number of hydrogen-bond acceptors (Lipinski definition) is 4. The van der Waals surface area contributed by atoms with Crippen LogP contribution in [0.4, 0.5) is 15.9 Å². The number of aromatic nitrogens is 3. The van der Waals surface area contributed by atoms with E-state index < -0.39 is 5.41 Å². The Morgan fingerprint density at radius 3 is 2.53 bits per heavy atom. The van der Waals surface area contributed by atoms with Crippen LogP contribution in [0.1, 0.15) is 32.8 Å². The van der Waals surface area contributed by atoms with Gasteiger partial charge in [0.25, 0.3) is 0 Å². The first kappa shape index (κ1) is 21.5. The first-order valence-corrected chi connectivity index (χ1v) is 10.0. The maximum absolute atomic E-state index is 13.3. The van der Waals surface area contributed by atoms with E-state index in [1.165, 1.54) is 12.1 Å². The fourth-order valence-electron chi connectivity index (χ4n) is 3.01. The number of amides is 1. The van der Waals surface area contributed by atoms with E-state index in [-0.39, 0.29) is 11.7 Å². The SMILES string of the molecule is CC(C)(C)C(=O)N(Cc1ccc(NCCCn2ccnc2)nc1)c1ccc(F)cc1. The molecular weight excluding hydrogens is 381 g/mol. The van der Waals surface area contributed by atoms with E-state index in [4.69, 9.17) is 0 Å². The summed E-state index contributed by atoms with van der Waals surface area (Å²) in [6.07, 6.45) is 8.24. The number of pyridine rings is 1. The molecule has 2 heterocycles. The Morgan fingerprint density at radius 2 is 1.93 bits per heavy atom. The van der Waals surface area contributed by atoms with Crippen LogP contribution in [0.15, 0.2) is 61.3 Å². The van der Waals surface area contributed by atoms with Crippen molar-refractivity contribution in [1.82, 2.24) is 14.5 Å². The number of hydrogen-bond donors (Lipinski definition) is 1. The van der Waals surface area contributed by atoms with Crippen molar-refractivity contribution in [2.75, 3.05) is 16.8 Å². The lowest BCUT2D eigenvalue weighted by Gasteiger charge is -2.29. The highest BCUT2D eigenvalue weighted by atomic mass is 19.1. The molecule has 0 radical (unpaired) electrons. The minimum atomic E-state index is -0.557. The lowest BCUT2D eigenvalue weighted by Crippen LogP contribution is -2.39. The van der Waals surface area contributed by atoms with Gasteiger partial charge in [0.15, 0.2) is 0 Å². The van der Waals surface area contributed by atoms with Crippen molar-refractivity contribution in [3.05, 3.63) is 72.7 Å². The van der Waals surface area contributed by atoms with Crippen LogP contribution in [0.25, 0.3) is 0 Å². The molecule has 3 rings (SSSR count). The highest BCUT2D eigenvalue weighted by Crippen LogP contribution is 2.25. The molecule has 0 saturated heterocycles. The molecule has 0 fully saturated rings. The molecular formula is C23H28FN5O. The van der Waals surface area contributed by atoms with E-state index in [9.17, 15) is 9.18 Å². The topological polar surface area (TPSA) is 63.1 Å². The fourth-order valence-corrected chi connectivity index (χ4v) is 3.01. The van der Waals surface area contributed by atoms with Gasteiger partial charge in [-0.2, -0.15) is 0 Å². The summed E-state index contributed by atoms with van der Waals surface area (Å²) in [5.41, 5.74) is 1.01. The molecule has 1 N–H and O–H groups in total. The smallest absolute Gasteiger partial charge is 0.232 e. The molecule has 0 aliphatic carbocycles. The number of carbonyl (C=O) groups is 1. The highest BCUT2D eigenvalue weighted by molar-refractivity contribution is 5.96. The van der Waals surface area contributed by atoms with Crippen LogP contribution >= 0.6 is 0 Å². The van der Waals surface area contributed by atoms with Gasteiger partial charge in [0, 0.05) is 42.8 Å². The zero-order valence-electron chi connectivity index (χ0n) is 17.7. The van der Waals surface area contributed by atoms with E-state index in [2.05, 4.69) is 15.3 Å². The molecule has 6 nitrogen and oxygen atoms in total. The lowest BCUT2D eigenvalue weighted by atomic mass is 9.94. The second-order valence-electron chi connectivity index (χ2n) is 8.25. The average Bonchev–Trinajstić information content (AvgIpc) is 3.24. The molecule has 0 unspecified atom stereocenters. The summed E-state index contributed by atoms with van der Waals surface area (Å²) in [5.74, 6) is 0.433. The second-order valence-corrected chi connectivity index (χ2v) is 8.25. The molecule has 30 heavy (non-hydrogen) atoms. The number of halogens is 1. The van der Waals surface area contributed by atoms with Crippen molar-refractivity contribution in [3.8, 4) is 0 Å². The largest absolute Gasteiger partial charge is 0.370 e. The van der Waals surface area contributed by atoms with Gasteiger partial charge in [0.1, 0.15) is 11.6 Å². The zero-order chi connectivity index (χ0) is 21.6. The predicted molar refractivity (Wildman–Crippen MR) is 117 cm³/mol. The summed E-state index contributed by atoms with van der Waals surface area (Å²) in [5, 5.41) is 3.31. The van der Waals surface area contributed by atoms with Crippen LogP contribution in [0.3, 0.4) is 0 Å². The Kier molecular flexibility index (Phi) is 6.82. The number of nitrogens with one attached hydrogen (secondary N) is 1. The van der Waals surface area contributed by atoms with Crippen molar-refractivity contribution in [1.29, 1.82) is 0 Å². The van der Waals surface area contributed by atoms with Gasteiger partial charge in [-0.3, -0.25) is 4.79 Å². The molecule has 0 spiro atoms. The Bertz CT molecular complexity index is 931. The van der Waals surface area contributed by atoms with Crippen LogP contribution in [0.5, 0.6) is 0 Å². The summed E-state index contributed by atoms with van der Waals surface area (Å²) in [6, 6.07) is 9.86. The minimum absolute atomic E-state index is 0.0317. The molecule has 7 heteroatoms. The summed E-state index contributed by atoms with van der Waals surface area (Å²) >= 11 is 0. The monoisotopic (exact) mass is 409 g/mol. The third-order valence-corrected chi connectivity index (χ3v) is 4.65. The minimum Gasteiger partial charge on any atom is -0.370 e. The number of rotatable bonds is 8. The maximum Gasteiger partial charge on any atom is 0.232 e. The summed E-state index contributed by atoms with van der Waals surface area (Å²) in [4.78, 5) is 23.2. The standard InChI is InChI=1S/C23H28FN5O/c1-23(2,3)22(30)29(20-8-6-19(24)7-9-20)16-18-5-10-21(27-15-18)26-11-4-13-28-14-12-25-17-28/h5-10,12,14-15,17H,4,11,13,16H2,1-3H3,(H,26,27). The molecule has 0 bridgehead atoms. The molecule has 3 aromatic rings. The second kappa shape index (κ2) is 9.52. The molecule has 0 aliphatic heterocycles. The molecule has 1 amide bonds.